The molecule has 1 aromatic carbocycles. The number of aliphatic carboxylic acids is 1. The highest BCUT2D eigenvalue weighted by Gasteiger charge is 2.41. The summed E-state index contributed by atoms with van der Waals surface area (Å²) in [6.07, 6.45) is 6.87. The maximum atomic E-state index is 14.4. The molecule has 0 fully saturated rings. The molecule has 4 rings (SSSR count). The van der Waals surface area contributed by atoms with Gasteiger partial charge in [0.15, 0.2) is 6.10 Å². The van der Waals surface area contributed by atoms with E-state index in [1.165, 1.54) is 6.07 Å². The van der Waals surface area contributed by atoms with Crippen molar-refractivity contribution >= 4 is 66.2 Å². The van der Waals surface area contributed by atoms with Crippen LogP contribution in [0, 0.1) is 18.2 Å². The average molecular weight is 733 g/mol. The van der Waals surface area contributed by atoms with Crippen LogP contribution in [0.15, 0.2) is 23.3 Å². The number of carboxylic acids is 1. The quantitative estimate of drug-likeness (QED) is 0.109. The van der Waals surface area contributed by atoms with Crippen molar-refractivity contribution in [3.8, 4) is 18.1 Å². The first-order valence-corrected chi connectivity index (χ1v) is 17.1. The minimum Gasteiger partial charge on any atom is -0.480 e. The van der Waals surface area contributed by atoms with Gasteiger partial charge in [-0.1, -0.05) is 17.5 Å². The van der Waals surface area contributed by atoms with Gasteiger partial charge in [-0.25, -0.2) is 9.29 Å². The number of carbonyl (C=O) groups excluding carboxylic acids is 2. The van der Waals surface area contributed by atoms with Gasteiger partial charge in [0.25, 0.3) is 11.8 Å². The van der Waals surface area contributed by atoms with Gasteiger partial charge in [0.05, 0.1) is 23.5 Å². The Morgan fingerprint density at radius 3 is 2.19 bits per heavy atom. The molecule has 0 bridgehead atoms. The van der Waals surface area contributed by atoms with Crippen molar-refractivity contribution in [2.75, 3.05) is 34.9 Å². The number of anilines is 3. The molecular formula is C29H37Cl2FN7O8P. The summed E-state index contributed by atoms with van der Waals surface area (Å²) in [4.78, 5) is 64.1. The number of ether oxygens (including phenoxy) is 1. The van der Waals surface area contributed by atoms with E-state index in [1.807, 2.05) is 20.8 Å². The number of benzene rings is 1. The summed E-state index contributed by atoms with van der Waals surface area (Å²) in [7, 11) is -4.10. The summed E-state index contributed by atoms with van der Waals surface area (Å²) in [5, 5.41) is 16.3. The number of aromatic nitrogens is 3. The first-order chi connectivity index (χ1) is 22.5. The van der Waals surface area contributed by atoms with Crippen LogP contribution >= 0.6 is 30.8 Å². The van der Waals surface area contributed by atoms with Crippen molar-refractivity contribution in [2.45, 2.75) is 65.5 Å². The SMILES string of the molecule is C#CC(C)Oc1cc(N2C(=O)C3=C(CCCC3)C2=O)c(F)cc1Cl.CCNc1nc(Cl)nc(NC(C)C)n1.O=C(O)CNCP(=O)(O)O. The molecular weight excluding hydrogens is 695 g/mol. The van der Waals surface area contributed by atoms with Gasteiger partial charge in [-0.05, 0) is 71.0 Å². The van der Waals surface area contributed by atoms with Crippen LogP contribution < -0.4 is 25.6 Å². The highest BCUT2D eigenvalue weighted by molar-refractivity contribution is 7.51. The Bertz CT molecular complexity index is 1590. The Hall–Kier alpha value is -3.84. The first kappa shape index (κ1) is 40.3. The van der Waals surface area contributed by atoms with Crippen LogP contribution in [-0.4, -0.2) is 79.2 Å². The molecule has 2 heterocycles. The van der Waals surface area contributed by atoms with E-state index in [2.05, 4.69) is 36.8 Å². The van der Waals surface area contributed by atoms with E-state index in [1.54, 1.807) is 6.92 Å². The van der Waals surface area contributed by atoms with Crippen LogP contribution in [0.1, 0.15) is 53.4 Å². The number of nitrogens with zero attached hydrogens (tertiary/aromatic N) is 4. The number of imide groups is 1. The highest BCUT2D eigenvalue weighted by atomic mass is 35.5. The third-order valence-corrected chi connectivity index (χ3v) is 7.23. The van der Waals surface area contributed by atoms with Gasteiger partial charge in [-0.15, -0.1) is 6.42 Å². The van der Waals surface area contributed by atoms with Crippen molar-refractivity contribution in [2.24, 2.45) is 0 Å². The molecule has 1 aromatic heterocycles. The van der Waals surface area contributed by atoms with Crippen LogP contribution in [-0.2, 0) is 18.9 Å². The van der Waals surface area contributed by atoms with Crippen LogP contribution in [0.2, 0.25) is 10.3 Å². The van der Waals surface area contributed by atoms with E-state index in [-0.39, 0.29) is 27.8 Å². The summed E-state index contributed by atoms with van der Waals surface area (Å²) in [6.45, 7) is 7.92. The molecule has 48 heavy (non-hydrogen) atoms. The van der Waals surface area contributed by atoms with Crippen LogP contribution in [0.25, 0.3) is 0 Å². The lowest BCUT2D eigenvalue weighted by atomic mass is 9.93. The molecule has 0 radical (unpaired) electrons. The standard InChI is InChI=1S/C18H15ClFNO3.C8H14ClN5.C3H8NO5P/c1-3-10(2)24-16-9-15(14(20)8-13(16)19)21-17(22)11-6-4-5-7-12(11)18(21)23;1-4-10-7-12-6(9)13-8(14-7)11-5(2)3;5-3(6)1-4-2-10(7,8)9/h1,8-10H,4-7H2,2H3;5H,4H2,1-3H3,(H2,10,11,12,13,14);4H,1-2H2,(H,5,6)(H2,7,8,9). The minimum absolute atomic E-state index is 0.0233. The predicted molar refractivity (Wildman–Crippen MR) is 179 cm³/mol. The fourth-order valence-corrected chi connectivity index (χ4v) is 4.94. The number of terminal acetylenes is 1. The minimum atomic E-state index is -4.10. The zero-order valence-corrected chi connectivity index (χ0v) is 29.0. The third-order valence-electron chi connectivity index (χ3n) is 6.13. The van der Waals surface area contributed by atoms with E-state index in [0.29, 0.717) is 35.9 Å². The Kier molecular flexibility index (Phi) is 15.7. The summed E-state index contributed by atoms with van der Waals surface area (Å²) < 4.78 is 29.9. The molecule has 0 saturated carbocycles. The summed E-state index contributed by atoms with van der Waals surface area (Å²) in [5.41, 5.74) is 0.808. The molecule has 2 aromatic rings. The number of carbonyl (C=O) groups is 3. The molecule has 2 amide bonds. The summed E-state index contributed by atoms with van der Waals surface area (Å²) in [6, 6.07) is 2.54. The maximum Gasteiger partial charge on any atom is 0.339 e. The van der Waals surface area contributed by atoms with Crippen molar-refractivity contribution in [1.82, 2.24) is 20.3 Å². The Morgan fingerprint density at radius 2 is 1.69 bits per heavy atom. The van der Waals surface area contributed by atoms with Crippen LogP contribution in [0.5, 0.6) is 5.75 Å². The molecule has 0 saturated heterocycles. The zero-order chi connectivity index (χ0) is 36.2. The zero-order valence-electron chi connectivity index (χ0n) is 26.6. The largest absolute Gasteiger partial charge is 0.480 e. The predicted octanol–water partition coefficient (Wildman–Crippen LogP) is 4.20. The van der Waals surface area contributed by atoms with Gasteiger partial charge in [-0.2, -0.15) is 15.0 Å². The average Bonchev–Trinajstić information content (AvgIpc) is 3.23. The van der Waals surface area contributed by atoms with Crippen LogP contribution in [0.4, 0.5) is 22.0 Å². The Morgan fingerprint density at radius 1 is 1.10 bits per heavy atom. The van der Waals surface area contributed by atoms with Crippen molar-refractivity contribution in [3.05, 3.63) is 39.4 Å². The number of amides is 2. The number of halogens is 3. The number of hydrogen-bond acceptors (Lipinski definition) is 11. The number of hydrogen-bond donors (Lipinski definition) is 6. The van der Waals surface area contributed by atoms with E-state index in [0.717, 1.165) is 30.4 Å². The lowest BCUT2D eigenvalue weighted by Gasteiger charge is -2.19. The van der Waals surface area contributed by atoms with E-state index in [9.17, 15) is 23.3 Å². The molecule has 19 heteroatoms. The van der Waals surface area contributed by atoms with Crippen molar-refractivity contribution in [1.29, 1.82) is 0 Å². The summed E-state index contributed by atoms with van der Waals surface area (Å²) in [5.74, 6) is 0.655. The normalized spacial score (nSPS) is 14.6. The fourth-order valence-electron chi connectivity index (χ4n) is 4.18. The second kappa shape index (κ2) is 18.6. The van der Waals surface area contributed by atoms with Gasteiger partial charge in [0.2, 0.25) is 17.2 Å². The second-order valence-corrected chi connectivity index (χ2v) is 12.9. The molecule has 1 unspecified atom stereocenters. The Balaban J connectivity index is 0.000000283. The van der Waals surface area contributed by atoms with Gasteiger partial charge in [0, 0.05) is 29.8 Å². The smallest absolute Gasteiger partial charge is 0.339 e. The molecule has 6 N–H and O–H groups in total. The second-order valence-electron chi connectivity index (χ2n) is 10.5. The van der Waals surface area contributed by atoms with Crippen molar-refractivity contribution < 1.29 is 43.0 Å². The molecule has 2 aliphatic rings. The first-order valence-electron chi connectivity index (χ1n) is 14.6. The van der Waals surface area contributed by atoms with Gasteiger partial charge in [0.1, 0.15) is 11.6 Å². The Labute approximate surface area is 286 Å². The molecule has 1 aliphatic carbocycles. The highest BCUT2D eigenvalue weighted by Crippen LogP contribution is 2.39. The molecule has 15 nitrogen and oxygen atoms in total. The molecule has 0 spiro atoms. The molecule has 1 atom stereocenters. The van der Waals surface area contributed by atoms with Gasteiger partial charge >= 0.3 is 13.6 Å². The van der Waals surface area contributed by atoms with Gasteiger partial charge in [-0.3, -0.25) is 24.3 Å². The third kappa shape index (κ3) is 12.6. The van der Waals surface area contributed by atoms with E-state index < -0.39 is 50.1 Å². The van der Waals surface area contributed by atoms with Crippen molar-refractivity contribution in [3.63, 3.8) is 0 Å². The topological polar surface area (TPSA) is 216 Å². The van der Waals surface area contributed by atoms with E-state index >= 15 is 0 Å². The lowest BCUT2D eigenvalue weighted by Crippen LogP contribution is -2.32. The fraction of sp³-hybridized carbons (Fsp3) is 0.448. The monoisotopic (exact) mass is 731 g/mol. The molecule has 262 valence electrons. The maximum absolute atomic E-state index is 14.4. The number of carboxylic acid groups (broad SMARTS) is 1. The van der Waals surface area contributed by atoms with Gasteiger partial charge < -0.3 is 30.3 Å². The number of rotatable bonds is 11. The molecule has 1 aliphatic heterocycles. The van der Waals surface area contributed by atoms with E-state index in [4.69, 9.17) is 49.3 Å². The van der Waals surface area contributed by atoms with Crippen LogP contribution in [0.3, 0.4) is 0 Å². The number of nitrogens with one attached hydrogen (secondary N) is 3. The summed E-state index contributed by atoms with van der Waals surface area (Å²) >= 11 is 11.7. The lowest BCUT2D eigenvalue weighted by molar-refractivity contribution is -0.136.